The Labute approximate surface area is 104 Å². The van der Waals surface area contributed by atoms with Crippen molar-refractivity contribution in [2.75, 3.05) is 0 Å². The summed E-state index contributed by atoms with van der Waals surface area (Å²) in [5.41, 5.74) is 5.15. The van der Waals surface area contributed by atoms with Gasteiger partial charge in [-0.2, -0.15) is 0 Å². The average Bonchev–Trinajstić information content (AvgIpc) is 2.60. The predicted molar refractivity (Wildman–Crippen MR) is 64.8 cm³/mol. The third-order valence-corrected chi connectivity index (χ3v) is 3.66. The SMILES string of the molecule is Cc1c(C(N)=O)sc2ncn(CC(=O)O)c(=O)c12. The number of carbonyl (C=O) groups is 2. The van der Waals surface area contributed by atoms with Crippen LogP contribution >= 0.6 is 11.3 Å². The van der Waals surface area contributed by atoms with Crippen LogP contribution in [0.1, 0.15) is 15.2 Å². The van der Waals surface area contributed by atoms with E-state index in [1.165, 1.54) is 0 Å². The molecule has 0 aliphatic heterocycles. The molecule has 0 fully saturated rings. The molecule has 0 saturated carbocycles. The van der Waals surface area contributed by atoms with E-state index in [9.17, 15) is 14.4 Å². The molecule has 94 valence electrons. The standard InChI is InChI=1S/C10H9N3O4S/c1-4-6-9(18-7(4)8(11)16)12-3-13(10(6)17)2-5(14)15/h3H,2H2,1H3,(H2,11,16)(H,14,15). The molecule has 0 aromatic carbocycles. The van der Waals surface area contributed by atoms with Crippen molar-refractivity contribution >= 4 is 33.4 Å². The van der Waals surface area contributed by atoms with E-state index in [0.717, 1.165) is 22.2 Å². The van der Waals surface area contributed by atoms with E-state index in [1.807, 2.05) is 0 Å². The van der Waals surface area contributed by atoms with Crippen LogP contribution in [0, 0.1) is 6.92 Å². The van der Waals surface area contributed by atoms with Crippen molar-refractivity contribution in [1.82, 2.24) is 9.55 Å². The van der Waals surface area contributed by atoms with Crippen molar-refractivity contribution in [2.24, 2.45) is 5.73 Å². The predicted octanol–water partition coefficient (Wildman–Crippen LogP) is -0.0501. The Hall–Kier alpha value is -2.22. The minimum absolute atomic E-state index is 0.248. The fourth-order valence-corrected chi connectivity index (χ4v) is 2.64. The summed E-state index contributed by atoms with van der Waals surface area (Å²) in [6.07, 6.45) is 1.15. The molecule has 0 unspecified atom stereocenters. The highest BCUT2D eigenvalue weighted by molar-refractivity contribution is 7.20. The lowest BCUT2D eigenvalue weighted by atomic mass is 10.2. The molecule has 0 saturated heterocycles. The molecule has 18 heavy (non-hydrogen) atoms. The second-order valence-corrected chi connectivity index (χ2v) is 4.67. The normalized spacial score (nSPS) is 10.7. The molecule has 2 aromatic heterocycles. The summed E-state index contributed by atoms with van der Waals surface area (Å²) in [6.45, 7) is 1.12. The number of aromatic nitrogens is 2. The third kappa shape index (κ3) is 1.86. The quantitative estimate of drug-likeness (QED) is 0.809. The number of carboxylic acid groups (broad SMARTS) is 1. The number of thiophene rings is 1. The zero-order chi connectivity index (χ0) is 13.4. The van der Waals surface area contributed by atoms with Crippen LogP contribution in [0.5, 0.6) is 0 Å². The summed E-state index contributed by atoms with van der Waals surface area (Å²) in [4.78, 5) is 38.4. The first kappa shape index (κ1) is 12.2. The van der Waals surface area contributed by atoms with Crippen LogP contribution in [0.4, 0.5) is 0 Å². The maximum Gasteiger partial charge on any atom is 0.323 e. The summed E-state index contributed by atoms with van der Waals surface area (Å²) in [6, 6.07) is 0. The van der Waals surface area contributed by atoms with Gasteiger partial charge in [0.15, 0.2) is 0 Å². The Bertz CT molecular complexity index is 716. The number of carbonyl (C=O) groups excluding carboxylic acids is 1. The second-order valence-electron chi connectivity index (χ2n) is 3.67. The number of aliphatic carboxylic acids is 1. The fourth-order valence-electron chi connectivity index (χ4n) is 1.65. The highest BCUT2D eigenvalue weighted by atomic mass is 32.1. The molecule has 0 bridgehead atoms. The van der Waals surface area contributed by atoms with Gasteiger partial charge in [0.2, 0.25) is 0 Å². The van der Waals surface area contributed by atoms with Crippen LogP contribution in [0.25, 0.3) is 10.2 Å². The van der Waals surface area contributed by atoms with Gasteiger partial charge in [0.05, 0.1) is 16.6 Å². The van der Waals surface area contributed by atoms with Crippen molar-refractivity contribution in [3.8, 4) is 0 Å². The first-order valence-corrected chi connectivity index (χ1v) is 5.73. The molecular formula is C10H9N3O4S. The summed E-state index contributed by atoms with van der Waals surface area (Å²) < 4.78 is 0.981. The second kappa shape index (κ2) is 4.22. The largest absolute Gasteiger partial charge is 0.480 e. The monoisotopic (exact) mass is 267 g/mol. The number of nitrogens with zero attached hydrogens (tertiary/aromatic N) is 2. The van der Waals surface area contributed by atoms with Crippen molar-refractivity contribution in [2.45, 2.75) is 13.5 Å². The van der Waals surface area contributed by atoms with Crippen molar-refractivity contribution in [3.63, 3.8) is 0 Å². The minimum Gasteiger partial charge on any atom is -0.480 e. The molecule has 8 heteroatoms. The molecule has 0 radical (unpaired) electrons. The molecule has 2 aromatic rings. The van der Waals surface area contributed by atoms with Crippen LogP contribution in [-0.4, -0.2) is 26.5 Å². The first-order valence-electron chi connectivity index (χ1n) is 4.92. The maximum absolute atomic E-state index is 12.0. The Morgan fingerprint density at radius 2 is 2.22 bits per heavy atom. The summed E-state index contributed by atoms with van der Waals surface area (Å²) in [7, 11) is 0. The number of hydrogen-bond acceptors (Lipinski definition) is 5. The van der Waals surface area contributed by atoms with E-state index in [4.69, 9.17) is 10.8 Å². The number of hydrogen-bond donors (Lipinski definition) is 2. The minimum atomic E-state index is -1.14. The van der Waals surface area contributed by atoms with Gasteiger partial charge in [-0.05, 0) is 12.5 Å². The van der Waals surface area contributed by atoms with E-state index >= 15 is 0 Å². The number of rotatable bonds is 3. The van der Waals surface area contributed by atoms with Crippen molar-refractivity contribution in [1.29, 1.82) is 0 Å². The van der Waals surface area contributed by atoms with Gasteiger partial charge in [-0.1, -0.05) is 0 Å². The van der Waals surface area contributed by atoms with Gasteiger partial charge >= 0.3 is 5.97 Å². The highest BCUT2D eigenvalue weighted by Crippen LogP contribution is 2.25. The molecule has 2 heterocycles. The third-order valence-electron chi connectivity index (χ3n) is 2.45. The zero-order valence-corrected chi connectivity index (χ0v) is 10.2. The molecule has 3 N–H and O–H groups in total. The van der Waals surface area contributed by atoms with Crippen LogP contribution < -0.4 is 11.3 Å². The zero-order valence-electron chi connectivity index (χ0n) is 9.34. The lowest BCUT2D eigenvalue weighted by molar-refractivity contribution is -0.137. The number of carboxylic acids is 1. The van der Waals surface area contributed by atoms with Gasteiger partial charge in [0.25, 0.3) is 11.5 Å². The summed E-state index contributed by atoms with van der Waals surface area (Å²) in [5, 5.41) is 8.91. The first-order chi connectivity index (χ1) is 8.41. The topological polar surface area (TPSA) is 115 Å². The van der Waals surface area contributed by atoms with Crippen LogP contribution in [0.15, 0.2) is 11.1 Å². The number of aryl methyl sites for hydroxylation is 1. The highest BCUT2D eigenvalue weighted by Gasteiger charge is 2.17. The van der Waals surface area contributed by atoms with Gasteiger partial charge < -0.3 is 10.8 Å². The Kier molecular flexibility index (Phi) is 2.87. The number of nitrogens with two attached hydrogens (primary N) is 1. The molecule has 7 nitrogen and oxygen atoms in total. The maximum atomic E-state index is 12.0. The average molecular weight is 267 g/mol. The van der Waals surface area contributed by atoms with E-state index in [-0.39, 0.29) is 10.3 Å². The number of primary amides is 1. The molecule has 0 aliphatic rings. The molecule has 1 amide bonds. The van der Waals surface area contributed by atoms with Gasteiger partial charge in [-0.25, -0.2) is 4.98 Å². The van der Waals surface area contributed by atoms with Crippen LogP contribution in [0.2, 0.25) is 0 Å². The Balaban J connectivity index is 2.74. The Morgan fingerprint density at radius 1 is 1.56 bits per heavy atom. The van der Waals surface area contributed by atoms with E-state index in [2.05, 4.69) is 4.98 Å². The lowest BCUT2D eigenvalue weighted by Crippen LogP contribution is -2.24. The van der Waals surface area contributed by atoms with Gasteiger partial charge in [0.1, 0.15) is 11.4 Å². The van der Waals surface area contributed by atoms with E-state index in [1.54, 1.807) is 6.92 Å². The summed E-state index contributed by atoms with van der Waals surface area (Å²) >= 11 is 1.03. The van der Waals surface area contributed by atoms with Gasteiger partial charge in [-0.15, -0.1) is 11.3 Å². The van der Waals surface area contributed by atoms with E-state index < -0.39 is 24.0 Å². The molecule has 2 rings (SSSR count). The molecule has 0 aliphatic carbocycles. The van der Waals surface area contributed by atoms with E-state index in [0.29, 0.717) is 10.4 Å². The van der Waals surface area contributed by atoms with Crippen molar-refractivity contribution < 1.29 is 14.7 Å². The smallest absolute Gasteiger partial charge is 0.323 e. The number of amides is 1. The molecule has 0 atom stereocenters. The Morgan fingerprint density at radius 3 is 2.78 bits per heavy atom. The van der Waals surface area contributed by atoms with Gasteiger partial charge in [0, 0.05) is 0 Å². The van der Waals surface area contributed by atoms with Gasteiger partial charge in [-0.3, -0.25) is 19.0 Å². The van der Waals surface area contributed by atoms with Crippen LogP contribution in [0.3, 0.4) is 0 Å². The van der Waals surface area contributed by atoms with Crippen molar-refractivity contribution in [3.05, 3.63) is 27.1 Å². The lowest BCUT2D eigenvalue weighted by Gasteiger charge is -2.00. The molecule has 0 spiro atoms. The summed E-state index contributed by atoms with van der Waals surface area (Å²) in [5.74, 6) is -1.76. The molecular weight excluding hydrogens is 258 g/mol. The fraction of sp³-hybridized carbons (Fsp3) is 0.200. The number of fused-ring (bicyclic) bond motifs is 1. The van der Waals surface area contributed by atoms with Crippen LogP contribution in [-0.2, 0) is 11.3 Å².